The van der Waals surface area contributed by atoms with Crippen molar-refractivity contribution in [2.24, 2.45) is 0 Å². The fourth-order valence-electron chi connectivity index (χ4n) is 1.66. The molecule has 1 N–H and O–H groups in total. The van der Waals surface area contributed by atoms with Gasteiger partial charge in [-0.1, -0.05) is 12.1 Å². The van der Waals surface area contributed by atoms with Crippen molar-refractivity contribution >= 4 is 11.6 Å². The van der Waals surface area contributed by atoms with E-state index in [1.54, 1.807) is 31.2 Å². The largest absolute Gasteiger partial charge is 0.379 e. The number of amides is 1. The van der Waals surface area contributed by atoms with Gasteiger partial charge in [-0.2, -0.15) is 5.26 Å². The zero-order chi connectivity index (χ0) is 15.0. The first-order valence-corrected chi connectivity index (χ1v) is 6.61. The molecule has 0 saturated carbocycles. The number of carbonyl (C=O) groups excluding carboxylic acids is 1. The quantitative estimate of drug-likeness (QED) is 0.829. The number of nitrogens with zero attached hydrogens (tertiary/aromatic N) is 1. The van der Waals surface area contributed by atoms with Gasteiger partial charge in [0.15, 0.2) is 0 Å². The summed E-state index contributed by atoms with van der Waals surface area (Å²) in [6, 6.07) is 8.88. The maximum absolute atomic E-state index is 12.0. The zero-order valence-electron chi connectivity index (χ0n) is 12.1. The predicted octanol–water partition coefficient (Wildman–Crippen LogP) is 2.33. The number of hydrogen-bond acceptors (Lipinski definition) is 4. The third-order valence-corrected chi connectivity index (χ3v) is 2.67. The van der Waals surface area contributed by atoms with Crippen molar-refractivity contribution < 1.29 is 14.3 Å². The molecule has 1 amide bonds. The summed E-state index contributed by atoms with van der Waals surface area (Å²) in [5, 5.41) is 11.7. The number of nitrogens with one attached hydrogen (secondary N) is 1. The average Bonchev–Trinajstić information content (AvgIpc) is 2.45. The molecule has 0 radical (unpaired) electrons. The first kappa shape index (κ1) is 16.2. The second-order valence-corrected chi connectivity index (χ2v) is 4.40. The van der Waals surface area contributed by atoms with Crippen LogP contribution in [0, 0.1) is 11.3 Å². The molecular formula is C15H20N2O3. The van der Waals surface area contributed by atoms with Gasteiger partial charge in [-0.15, -0.1) is 0 Å². The van der Waals surface area contributed by atoms with Crippen LogP contribution in [0.4, 0.5) is 5.69 Å². The van der Waals surface area contributed by atoms with Crippen LogP contribution < -0.4 is 5.32 Å². The molecule has 0 bridgehead atoms. The van der Waals surface area contributed by atoms with Crippen LogP contribution >= 0.6 is 0 Å². The van der Waals surface area contributed by atoms with Crippen molar-refractivity contribution in [2.45, 2.75) is 33.0 Å². The van der Waals surface area contributed by atoms with E-state index >= 15 is 0 Å². The summed E-state index contributed by atoms with van der Waals surface area (Å²) in [6.45, 7) is 6.49. The van der Waals surface area contributed by atoms with E-state index in [0.29, 0.717) is 24.5 Å². The van der Waals surface area contributed by atoms with Gasteiger partial charge in [0.2, 0.25) is 0 Å². The zero-order valence-corrected chi connectivity index (χ0v) is 12.1. The van der Waals surface area contributed by atoms with Crippen molar-refractivity contribution in [1.29, 1.82) is 5.26 Å². The number of benzene rings is 1. The van der Waals surface area contributed by atoms with Gasteiger partial charge in [0.25, 0.3) is 5.91 Å². The minimum Gasteiger partial charge on any atom is -0.379 e. The number of nitriles is 1. The van der Waals surface area contributed by atoms with Crippen molar-refractivity contribution in [2.75, 3.05) is 18.5 Å². The first-order valence-electron chi connectivity index (χ1n) is 6.61. The number of ether oxygens (including phenoxy) is 2. The molecule has 20 heavy (non-hydrogen) atoms. The lowest BCUT2D eigenvalue weighted by Crippen LogP contribution is -2.32. The monoisotopic (exact) mass is 276 g/mol. The topological polar surface area (TPSA) is 71.3 Å². The Labute approximate surface area is 119 Å². The molecule has 5 heteroatoms. The van der Waals surface area contributed by atoms with Gasteiger partial charge in [-0.25, -0.2) is 0 Å². The second-order valence-electron chi connectivity index (χ2n) is 4.40. The van der Waals surface area contributed by atoms with Crippen LogP contribution in [-0.4, -0.2) is 31.3 Å². The van der Waals surface area contributed by atoms with E-state index in [9.17, 15) is 4.79 Å². The summed E-state index contributed by atoms with van der Waals surface area (Å²) in [4.78, 5) is 12.0. The smallest absolute Gasteiger partial charge is 0.253 e. The molecule has 0 heterocycles. The van der Waals surface area contributed by atoms with Crippen molar-refractivity contribution in [1.82, 2.24) is 0 Å². The minimum absolute atomic E-state index is 0.165. The van der Waals surface area contributed by atoms with E-state index in [0.717, 1.165) is 0 Å². The molecule has 1 aromatic rings. The standard InChI is InChI=1S/C15H20N2O3/c1-4-19-10-11(2)20-12(3)15(18)17-14-8-6-5-7-13(14)9-16/h5-8,11-12H,4,10H2,1-3H3,(H,17,18). The number of anilines is 1. The molecule has 0 fully saturated rings. The maximum Gasteiger partial charge on any atom is 0.253 e. The van der Waals surface area contributed by atoms with Gasteiger partial charge in [-0.05, 0) is 32.9 Å². The summed E-state index contributed by atoms with van der Waals surface area (Å²) in [5.41, 5.74) is 0.920. The van der Waals surface area contributed by atoms with E-state index in [4.69, 9.17) is 14.7 Å². The Morgan fingerprint density at radius 1 is 1.40 bits per heavy atom. The SMILES string of the molecule is CCOCC(C)OC(C)C(=O)Nc1ccccc1C#N. The molecule has 108 valence electrons. The summed E-state index contributed by atoms with van der Waals surface area (Å²) in [7, 11) is 0. The first-order chi connectivity index (χ1) is 9.58. The Kier molecular flexibility index (Phi) is 6.71. The molecule has 5 nitrogen and oxygen atoms in total. The Morgan fingerprint density at radius 3 is 2.75 bits per heavy atom. The molecule has 1 aromatic carbocycles. The lowest BCUT2D eigenvalue weighted by Gasteiger charge is -2.19. The third kappa shape index (κ3) is 5.00. The van der Waals surface area contributed by atoms with Gasteiger partial charge in [0.1, 0.15) is 12.2 Å². The molecular weight excluding hydrogens is 256 g/mol. The summed E-state index contributed by atoms with van der Waals surface area (Å²) in [6.07, 6.45) is -0.779. The highest BCUT2D eigenvalue weighted by molar-refractivity contribution is 5.95. The van der Waals surface area contributed by atoms with Crippen molar-refractivity contribution in [3.63, 3.8) is 0 Å². The molecule has 0 aromatic heterocycles. The molecule has 2 unspecified atom stereocenters. The van der Waals surface area contributed by atoms with Crippen LogP contribution in [0.25, 0.3) is 0 Å². The van der Waals surface area contributed by atoms with Crippen LogP contribution in [-0.2, 0) is 14.3 Å². The van der Waals surface area contributed by atoms with E-state index < -0.39 is 6.10 Å². The fourth-order valence-corrected chi connectivity index (χ4v) is 1.66. The number of carbonyl (C=O) groups is 1. The minimum atomic E-state index is -0.614. The normalized spacial score (nSPS) is 13.3. The van der Waals surface area contributed by atoms with Gasteiger partial charge in [0, 0.05) is 6.61 Å². The van der Waals surface area contributed by atoms with E-state index in [-0.39, 0.29) is 12.0 Å². The summed E-state index contributed by atoms with van der Waals surface area (Å²) in [5.74, 6) is -0.281. The van der Waals surface area contributed by atoms with Crippen LogP contribution in [0.5, 0.6) is 0 Å². The van der Waals surface area contributed by atoms with Gasteiger partial charge < -0.3 is 14.8 Å². The Hall–Kier alpha value is -1.90. The van der Waals surface area contributed by atoms with Crippen molar-refractivity contribution in [3.05, 3.63) is 29.8 Å². The molecule has 0 saturated heterocycles. The second kappa shape index (κ2) is 8.31. The number of rotatable bonds is 7. The summed E-state index contributed by atoms with van der Waals surface area (Å²) >= 11 is 0. The maximum atomic E-state index is 12.0. The van der Waals surface area contributed by atoms with E-state index in [2.05, 4.69) is 5.32 Å². The van der Waals surface area contributed by atoms with Gasteiger partial charge in [-0.3, -0.25) is 4.79 Å². The highest BCUT2D eigenvalue weighted by Crippen LogP contribution is 2.14. The number of para-hydroxylation sites is 1. The number of hydrogen-bond donors (Lipinski definition) is 1. The predicted molar refractivity (Wildman–Crippen MR) is 76.3 cm³/mol. The highest BCUT2D eigenvalue weighted by atomic mass is 16.5. The molecule has 2 atom stereocenters. The molecule has 0 aliphatic carbocycles. The lowest BCUT2D eigenvalue weighted by atomic mass is 10.2. The Balaban J connectivity index is 2.56. The molecule has 0 aliphatic rings. The van der Waals surface area contributed by atoms with Crippen molar-refractivity contribution in [3.8, 4) is 6.07 Å². The summed E-state index contributed by atoms with van der Waals surface area (Å²) < 4.78 is 10.8. The average molecular weight is 276 g/mol. The van der Waals surface area contributed by atoms with Crippen LogP contribution in [0.2, 0.25) is 0 Å². The molecule has 0 aliphatic heterocycles. The van der Waals surface area contributed by atoms with E-state index in [1.807, 2.05) is 19.9 Å². The third-order valence-electron chi connectivity index (χ3n) is 2.67. The molecule has 0 spiro atoms. The van der Waals surface area contributed by atoms with Gasteiger partial charge >= 0.3 is 0 Å². The Morgan fingerprint density at radius 2 is 2.10 bits per heavy atom. The lowest BCUT2D eigenvalue weighted by molar-refractivity contribution is -0.131. The van der Waals surface area contributed by atoms with Crippen LogP contribution in [0.3, 0.4) is 0 Å². The molecule has 1 rings (SSSR count). The fraction of sp³-hybridized carbons (Fsp3) is 0.467. The highest BCUT2D eigenvalue weighted by Gasteiger charge is 2.17. The Bertz CT molecular complexity index is 482. The van der Waals surface area contributed by atoms with E-state index in [1.165, 1.54) is 0 Å². The van der Waals surface area contributed by atoms with Gasteiger partial charge in [0.05, 0.1) is 24.0 Å². The van der Waals surface area contributed by atoms with Crippen LogP contribution in [0.15, 0.2) is 24.3 Å². The van der Waals surface area contributed by atoms with Crippen LogP contribution in [0.1, 0.15) is 26.3 Å².